The number of hydrogen-bond donors (Lipinski definition) is 1. The third-order valence-corrected chi connectivity index (χ3v) is 8.40. The van der Waals surface area contributed by atoms with Crippen LogP contribution in [0.25, 0.3) is 27.5 Å². The van der Waals surface area contributed by atoms with Crippen molar-refractivity contribution in [3.05, 3.63) is 94.1 Å². The molecular weight excluding hydrogens is 428 g/mol. The molecule has 0 fully saturated rings. The maximum Gasteiger partial charge on any atom is 0.150 e. The van der Waals surface area contributed by atoms with E-state index in [9.17, 15) is 9.90 Å². The molecule has 176 valence electrons. The summed E-state index contributed by atoms with van der Waals surface area (Å²) in [7, 11) is 0. The van der Waals surface area contributed by atoms with E-state index in [-0.39, 0.29) is 16.6 Å². The maximum atomic E-state index is 12.4. The van der Waals surface area contributed by atoms with Crippen LogP contribution in [0, 0.1) is 0 Å². The van der Waals surface area contributed by atoms with E-state index in [1.807, 2.05) is 12.1 Å². The van der Waals surface area contributed by atoms with Gasteiger partial charge in [0.15, 0.2) is 6.29 Å². The molecule has 2 nitrogen and oxygen atoms in total. The van der Waals surface area contributed by atoms with Crippen molar-refractivity contribution in [1.82, 2.24) is 0 Å². The predicted molar refractivity (Wildman–Crippen MR) is 145 cm³/mol. The summed E-state index contributed by atoms with van der Waals surface area (Å²) in [6.45, 7) is 8.62. The lowest BCUT2D eigenvalue weighted by Crippen LogP contribution is -2.29. The fourth-order valence-electron chi connectivity index (χ4n) is 6.42. The Balaban J connectivity index is 1.57. The van der Waals surface area contributed by atoms with Crippen molar-refractivity contribution in [3.8, 4) is 16.9 Å². The lowest BCUT2D eigenvalue weighted by molar-refractivity contribution is 0.112. The van der Waals surface area contributed by atoms with Crippen LogP contribution in [0.4, 0.5) is 0 Å². The second-order valence-electron chi connectivity index (χ2n) is 11.5. The highest BCUT2D eigenvalue weighted by atomic mass is 16.3. The van der Waals surface area contributed by atoms with Crippen molar-refractivity contribution in [2.45, 2.75) is 64.2 Å². The minimum Gasteiger partial charge on any atom is -0.507 e. The Morgan fingerprint density at radius 1 is 0.857 bits per heavy atom. The molecular formula is C33H32O2. The first-order valence-electron chi connectivity index (χ1n) is 12.7. The summed E-state index contributed by atoms with van der Waals surface area (Å²) in [6.07, 6.45) is 14.3. The highest BCUT2D eigenvalue weighted by Crippen LogP contribution is 2.49. The number of rotatable bonds is 2. The number of benzene rings is 3. The lowest BCUT2D eigenvalue weighted by atomic mass is 9.67. The zero-order valence-electron chi connectivity index (χ0n) is 21.0. The second kappa shape index (κ2) is 7.55. The van der Waals surface area contributed by atoms with Gasteiger partial charge in [0, 0.05) is 27.5 Å². The second-order valence-corrected chi connectivity index (χ2v) is 11.5. The fourth-order valence-corrected chi connectivity index (χ4v) is 6.42. The summed E-state index contributed by atoms with van der Waals surface area (Å²) >= 11 is 0. The third kappa shape index (κ3) is 3.26. The number of phenolic OH excluding ortho intramolecular Hbond substituents is 1. The van der Waals surface area contributed by atoms with Gasteiger partial charge < -0.3 is 5.11 Å². The van der Waals surface area contributed by atoms with Crippen LogP contribution in [0.15, 0.2) is 66.3 Å². The molecule has 6 rings (SSSR count). The Labute approximate surface area is 207 Å². The van der Waals surface area contributed by atoms with E-state index >= 15 is 0 Å². The molecule has 0 radical (unpaired) electrons. The number of hydrogen-bond acceptors (Lipinski definition) is 2. The van der Waals surface area contributed by atoms with Gasteiger partial charge in [-0.15, -0.1) is 0 Å². The van der Waals surface area contributed by atoms with Crippen molar-refractivity contribution in [2.24, 2.45) is 0 Å². The van der Waals surface area contributed by atoms with E-state index in [1.165, 1.54) is 16.7 Å². The summed E-state index contributed by atoms with van der Waals surface area (Å²) in [5.41, 5.74) is 9.38. The van der Waals surface area contributed by atoms with Crippen LogP contribution in [0.5, 0.6) is 5.75 Å². The van der Waals surface area contributed by atoms with Crippen LogP contribution in [-0.2, 0) is 17.3 Å². The zero-order valence-corrected chi connectivity index (χ0v) is 21.0. The molecule has 0 heterocycles. The molecule has 3 aromatic carbocycles. The highest BCUT2D eigenvalue weighted by Gasteiger charge is 2.36. The van der Waals surface area contributed by atoms with E-state index < -0.39 is 0 Å². The zero-order chi connectivity index (χ0) is 24.5. The monoisotopic (exact) mass is 460 g/mol. The van der Waals surface area contributed by atoms with Crippen LogP contribution in [-0.4, -0.2) is 11.4 Å². The lowest BCUT2D eigenvalue weighted by Gasteiger charge is -2.37. The number of allylic oxidation sites excluding steroid dienone is 6. The standard InChI is InChI=1S/C33H32O2/c1-32(2)15-16-33(3,4)30-29(32)14-13-26(31(30)35)28-17-21-10-12-24-23-8-6-5-7-20(23)9-11-25(24)27(21)18-22(28)19-34/h6,8,10,12-19,35H,5,7,9,11H2,1-4H3. The SMILES string of the molecule is CC1(C)C=CC(C)(C)c2c1ccc(-c1cc3ccc4c(c3cc1C=O)CCC1=C4C=CCC1)c2O. The normalized spacial score (nSPS) is 19.3. The summed E-state index contributed by atoms with van der Waals surface area (Å²) in [5.74, 6) is 0.285. The molecule has 1 N–H and O–H groups in total. The molecule has 0 bridgehead atoms. The Morgan fingerprint density at radius 2 is 1.63 bits per heavy atom. The first-order chi connectivity index (χ1) is 16.7. The first kappa shape index (κ1) is 22.1. The molecule has 3 aromatic rings. The number of phenols is 1. The van der Waals surface area contributed by atoms with Crippen molar-refractivity contribution in [2.75, 3.05) is 0 Å². The van der Waals surface area contributed by atoms with Gasteiger partial charge in [-0.2, -0.15) is 0 Å². The number of aromatic hydroxyl groups is 1. The number of aryl methyl sites for hydroxylation is 1. The Kier molecular flexibility index (Phi) is 4.77. The van der Waals surface area contributed by atoms with Gasteiger partial charge in [0.25, 0.3) is 0 Å². The van der Waals surface area contributed by atoms with E-state index in [4.69, 9.17) is 0 Å². The van der Waals surface area contributed by atoms with Gasteiger partial charge in [-0.05, 0) is 76.4 Å². The first-order valence-corrected chi connectivity index (χ1v) is 12.7. The molecule has 3 aliphatic rings. The largest absolute Gasteiger partial charge is 0.507 e. The quantitative estimate of drug-likeness (QED) is 0.309. The number of fused-ring (bicyclic) bond motifs is 5. The van der Waals surface area contributed by atoms with E-state index in [0.717, 1.165) is 65.0 Å². The van der Waals surface area contributed by atoms with E-state index in [0.29, 0.717) is 5.56 Å². The average molecular weight is 461 g/mol. The van der Waals surface area contributed by atoms with Crippen LogP contribution < -0.4 is 0 Å². The Hall–Kier alpha value is -3.39. The van der Waals surface area contributed by atoms with Crippen molar-refractivity contribution < 1.29 is 9.90 Å². The minimum atomic E-state index is -0.291. The minimum absolute atomic E-state index is 0.155. The maximum absolute atomic E-state index is 12.4. The van der Waals surface area contributed by atoms with E-state index in [1.54, 1.807) is 5.57 Å². The molecule has 3 aliphatic carbocycles. The topological polar surface area (TPSA) is 37.3 Å². The predicted octanol–water partition coefficient (Wildman–Crippen LogP) is 8.20. The van der Waals surface area contributed by atoms with Crippen LogP contribution in [0.2, 0.25) is 0 Å². The van der Waals surface area contributed by atoms with Crippen molar-refractivity contribution in [1.29, 1.82) is 0 Å². The molecule has 0 atom stereocenters. The fraction of sp³-hybridized carbons (Fsp3) is 0.303. The average Bonchev–Trinajstić information content (AvgIpc) is 2.85. The van der Waals surface area contributed by atoms with Crippen LogP contribution >= 0.6 is 0 Å². The molecule has 0 unspecified atom stereocenters. The molecule has 0 amide bonds. The summed E-state index contributed by atoms with van der Waals surface area (Å²) in [6, 6.07) is 12.7. The summed E-state index contributed by atoms with van der Waals surface area (Å²) in [5, 5.41) is 13.9. The van der Waals surface area contributed by atoms with Gasteiger partial charge in [0.05, 0.1) is 0 Å². The number of aldehydes is 1. The summed E-state index contributed by atoms with van der Waals surface area (Å²) in [4.78, 5) is 12.4. The molecule has 2 heteroatoms. The van der Waals surface area contributed by atoms with Gasteiger partial charge in [-0.25, -0.2) is 0 Å². The van der Waals surface area contributed by atoms with Crippen LogP contribution in [0.1, 0.15) is 79.6 Å². The summed E-state index contributed by atoms with van der Waals surface area (Å²) < 4.78 is 0. The number of carbonyl (C=O) groups is 1. The van der Waals surface area contributed by atoms with Crippen molar-refractivity contribution >= 4 is 22.6 Å². The number of carbonyl (C=O) groups excluding carboxylic acids is 1. The molecule has 0 saturated carbocycles. The van der Waals surface area contributed by atoms with Gasteiger partial charge in [-0.3, -0.25) is 4.79 Å². The smallest absolute Gasteiger partial charge is 0.150 e. The van der Waals surface area contributed by atoms with Crippen LogP contribution in [0.3, 0.4) is 0 Å². The Morgan fingerprint density at radius 3 is 2.43 bits per heavy atom. The van der Waals surface area contributed by atoms with Gasteiger partial charge in [0.1, 0.15) is 5.75 Å². The molecule has 35 heavy (non-hydrogen) atoms. The van der Waals surface area contributed by atoms with Crippen molar-refractivity contribution in [3.63, 3.8) is 0 Å². The van der Waals surface area contributed by atoms with Gasteiger partial charge in [0.2, 0.25) is 0 Å². The van der Waals surface area contributed by atoms with Gasteiger partial charge in [-0.1, -0.05) is 81.8 Å². The molecule has 0 saturated heterocycles. The highest BCUT2D eigenvalue weighted by molar-refractivity contribution is 6.02. The van der Waals surface area contributed by atoms with Gasteiger partial charge >= 0.3 is 0 Å². The molecule has 0 aliphatic heterocycles. The van der Waals surface area contributed by atoms with E-state index in [2.05, 4.69) is 76.3 Å². The Bertz CT molecular complexity index is 1510. The molecule has 0 aromatic heterocycles. The molecule has 0 spiro atoms. The third-order valence-electron chi connectivity index (χ3n) is 8.40.